The first-order valence-electron chi connectivity index (χ1n) is 6.62. The summed E-state index contributed by atoms with van der Waals surface area (Å²) in [7, 11) is -3.35. The average Bonchev–Trinajstić information content (AvgIpc) is 2.46. The maximum Gasteiger partial charge on any atom is 0.303 e. The lowest BCUT2D eigenvalue weighted by atomic mass is 10.1. The largest absolute Gasteiger partial charge is 0.481 e. The van der Waals surface area contributed by atoms with Crippen molar-refractivity contribution in [2.75, 3.05) is 13.2 Å². The van der Waals surface area contributed by atoms with Gasteiger partial charge in [-0.05, 0) is 37.0 Å². The highest BCUT2D eigenvalue weighted by Gasteiger charge is 2.29. The lowest BCUT2D eigenvalue weighted by molar-refractivity contribution is -0.136. The molecule has 1 atom stereocenters. The molecule has 1 heterocycles. The van der Waals surface area contributed by atoms with Gasteiger partial charge in [0.05, 0.1) is 16.8 Å². The van der Waals surface area contributed by atoms with Crippen LogP contribution in [0.5, 0.6) is 0 Å². The number of aryl methyl sites for hydroxylation is 1. The second-order valence-electron chi connectivity index (χ2n) is 4.92. The van der Waals surface area contributed by atoms with E-state index in [0.29, 0.717) is 19.4 Å². The highest BCUT2D eigenvalue weighted by atomic mass is 32.2. The monoisotopic (exact) mass is 298 g/mol. The zero-order chi connectivity index (χ0) is 14.6. The van der Waals surface area contributed by atoms with E-state index < -0.39 is 21.1 Å². The van der Waals surface area contributed by atoms with Crippen molar-refractivity contribution in [1.82, 2.24) is 0 Å². The second-order valence-corrected chi connectivity index (χ2v) is 7.15. The lowest BCUT2D eigenvalue weighted by Crippen LogP contribution is -2.30. The number of ether oxygens (including phenoxy) is 1. The summed E-state index contributed by atoms with van der Waals surface area (Å²) in [5.41, 5.74) is 0.825. The minimum absolute atomic E-state index is 0.0442. The Kier molecular flexibility index (Phi) is 4.77. The fraction of sp³-hybridized carbons (Fsp3) is 0.500. The van der Waals surface area contributed by atoms with Crippen LogP contribution in [0.1, 0.15) is 24.8 Å². The molecule has 0 saturated carbocycles. The van der Waals surface area contributed by atoms with Gasteiger partial charge in [-0.15, -0.1) is 0 Å². The van der Waals surface area contributed by atoms with Gasteiger partial charge < -0.3 is 9.84 Å². The molecule has 2 rings (SSSR count). The van der Waals surface area contributed by atoms with Gasteiger partial charge in [0.15, 0.2) is 9.84 Å². The van der Waals surface area contributed by atoms with Gasteiger partial charge in [0.1, 0.15) is 0 Å². The highest BCUT2D eigenvalue weighted by Crippen LogP contribution is 2.23. The van der Waals surface area contributed by atoms with Crippen molar-refractivity contribution >= 4 is 15.8 Å². The van der Waals surface area contributed by atoms with Gasteiger partial charge in [0.2, 0.25) is 0 Å². The van der Waals surface area contributed by atoms with Gasteiger partial charge in [-0.1, -0.05) is 12.1 Å². The van der Waals surface area contributed by atoms with Crippen LogP contribution in [-0.2, 0) is 25.8 Å². The summed E-state index contributed by atoms with van der Waals surface area (Å²) in [6.07, 6.45) is 1.84. The third-order valence-corrected chi connectivity index (χ3v) is 5.62. The molecule has 0 bridgehead atoms. The smallest absolute Gasteiger partial charge is 0.303 e. The predicted molar refractivity (Wildman–Crippen MR) is 73.4 cm³/mol. The number of sulfone groups is 1. The third kappa shape index (κ3) is 3.58. The molecule has 1 fully saturated rings. The standard InChI is InChI=1S/C14H18O5S/c15-14(16)8-5-11-3-6-12(7-4-11)20(17,18)13-2-1-9-19-10-13/h3-4,6-7,13H,1-2,5,8-10H2,(H,15,16). The van der Waals surface area contributed by atoms with Crippen LogP contribution < -0.4 is 0 Å². The summed E-state index contributed by atoms with van der Waals surface area (Å²) in [5.74, 6) is -0.860. The molecule has 1 aliphatic rings. The number of hydrogen-bond acceptors (Lipinski definition) is 4. The van der Waals surface area contributed by atoms with E-state index in [4.69, 9.17) is 9.84 Å². The van der Waals surface area contributed by atoms with Crippen LogP contribution in [0.15, 0.2) is 29.2 Å². The Morgan fingerprint density at radius 2 is 2.00 bits per heavy atom. The SMILES string of the molecule is O=C(O)CCc1ccc(S(=O)(=O)C2CCCOC2)cc1. The van der Waals surface area contributed by atoms with E-state index in [1.54, 1.807) is 24.3 Å². The predicted octanol–water partition coefficient (Wildman–Crippen LogP) is 1.66. The summed E-state index contributed by atoms with van der Waals surface area (Å²) < 4.78 is 30.0. The minimum Gasteiger partial charge on any atom is -0.481 e. The Hall–Kier alpha value is -1.40. The van der Waals surface area contributed by atoms with E-state index in [2.05, 4.69) is 0 Å². The van der Waals surface area contributed by atoms with Crippen molar-refractivity contribution in [1.29, 1.82) is 0 Å². The summed E-state index contributed by atoms with van der Waals surface area (Å²) in [6.45, 7) is 0.878. The Morgan fingerprint density at radius 3 is 2.55 bits per heavy atom. The molecule has 1 aromatic carbocycles. The topological polar surface area (TPSA) is 80.7 Å². The zero-order valence-electron chi connectivity index (χ0n) is 11.1. The number of carboxylic acids is 1. The van der Waals surface area contributed by atoms with Crippen LogP contribution in [0.4, 0.5) is 0 Å². The van der Waals surface area contributed by atoms with Crippen molar-refractivity contribution < 1.29 is 23.1 Å². The van der Waals surface area contributed by atoms with Gasteiger partial charge in [0.25, 0.3) is 0 Å². The van der Waals surface area contributed by atoms with E-state index in [-0.39, 0.29) is 17.9 Å². The molecule has 20 heavy (non-hydrogen) atoms. The molecule has 0 amide bonds. The van der Waals surface area contributed by atoms with E-state index >= 15 is 0 Å². The van der Waals surface area contributed by atoms with E-state index in [0.717, 1.165) is 12.0 Å². The molecule has 0 radical (unpaired) electrons. The number of benzene rings is 1. The van der Waals surface area contributed by atoms with Gasteiger partial charge in [-0.25, -0.2) is 8.42 Å². The molecule has 1 aliphatic heterocycles. The Bertz CT molecular complexity index is 556. The number of aliphatic carboxylic acids is 1. The van der Waals surface area contributed by atoms with Gasteiger partial charge in [-0.3, -0.25) is 4.79 Å². The molecule has 0 spiro atoms. The van der Waals surface area contributed by atoms with Gasteiger partial charge in [0, 0.05) is 13.0 Å². The summed E-state index contributed by atoms with van der Waals surface area (Å²) >= 11 is 0. The Labute approximate surface area is 118 Å². The molecule has 110 valence electrons. The Morgan fingerprint density at radius 1 is 1.30 bits per heavy atom. The van der Waals surface area contributed by atoms with Gasteiger partial charge in [-0.2, -0.15) is 0 Å². The van der Waals surface area contributed by atoms with Crippen LogP contribution in [0.2, 0.25) is 0 Å². The zero-order valence-corrected chi connectivity index (χ0v) is 11.9. The summed E-state index contributed by atoms with van der Waals surface area (Å²) in [4.78, 5) is 10.8. The molecule has 0 aromatic heterocycles. The molecule has 6 heteroatoms. The normalized spacial score (nSPS) is 19.7. The number of rotatable bonds is 5. The van der Waals surface area contributed by atoms with Crippen molar-refractivity contribution in [3.63, 3.8) is 0 Å². The number of carbonyl (C=O) groups is 1. The van der Waals surface area contributed by atoms with Crippen molar-refractivity contribution in [2.24, 2.45) is 0 Å². The number of hydrogen-bond donors (Lipinski definition) is 1. The maximum atomic E-state index is 12.4. The quantitative estimate of drug-likeness (QED) is 0.894. The molecule has 5 nitrogen and oxygen atoms in total. The molecule has 1 saturated heterocycles. The average molecular weight is 298 g/mol. The molecule has 1 aromatic rings. The van der Waals surface area contributed by atoms with E-state index in [1.165, 1.54) is 0 Å². The van der Waals surface area contributed by atoms with Crippen LogP contribution in [0.25, 0.3) is 0 Å². The van der Waals surface area contributed by atoms with Crippen LogP contribution in [0.3, 0.4) is 0 Å². The third-order valence-electron chi connectivity index (χ3n) is 3.44. The highest BCUT2D eigenvalue weighted by molar-refractivity contribution is 7.92. The fourth-order valence-corrected chi connectivity index (χ4v) is 3.90. The van der Waals surface area contributed by atoms with Crippen molar-refractivity contribution in [2.45, 2.75) is 35.8 Å². The molecular weight excluding hydrogens is 280 g/mol. The van der Waals surface area contributed by atoms with Crippen molar-refractivity contribution in [3.8, 4) is 0 Å². The van der Waals surface area contributed by atoms with Crippen molar-refractivity contribution in [3.05, 3.63) is 29.8 Å². The lowest BCUT2D eigenvalue weighted by Gasteiger charge is -2.22. The maximum absolute atomic E-state index is 12.4. The van der Waals surface area contributed by atoms with Gasteiger partial charge >= 0.3 is 5.97 Å². The first kappa shape index (κ1) is 15.0. The van der Waals surface area contributed by atoms with E-state index in [1.807, 2.05) is 0 Å². The minimum atomic E-state index is -3.35. The molecule has 0 aliphatic carbocycles. The fourth-order valence-electron chi connectivity index (χ4n) is 2.25. The van der Waals surface area contributed by atoms with E-state index in [9.17, 15) is 13.2 Å². The van der Waals surface area contributed by atoms with Crippen LogP contribution >= 0.6 is 0 Å². The molecule has 1 unspecified atom stereocenters. The molecule has 1 N–H and O–H groups in total. The summed E-state index contributed by atoms with van der Waals surface area (Å²) in [6, 6.07) is 6.47. The second kappa shape index (κ2) is 6.37. The first-order valence-corrected chi connectivity index (χ1v) is 8.17. The number of carboxylic acid groups (broad SMARTS) is 1. The first-order chi connectivity index (χ1) is 9.50. The van der Waals surface area contributed by atoms with Crippen LogP contribution in [0, 0.1) is 0 Å². The van der Waals surface area contributed by atoms with Crippen LogP contribution in [-0.4, -0.2) is 38.0 Å². The molecular formula is C14H18O5S. The summed E-state index contributed by atoms with van der Waals surface area (Å²) in [5, 5.41) is 8.15. The Balaban J connectivity index is 2.10.